The highest BCUT2D eigenvalue weighted by Crippen LogP contribution is 2.28. The molecule has 8 nitrogen and oxygen atoms in total. The van der Waals surface area contributed by atoms with Gasteiger partial charge in [-0.1, -0.05) is 23.7 Å². The minimum atomic E-state index is -0.588. The Bertz CT molecular complexity index is 1210. The molecule has 3 amide bonds. The average Bonchev–Trinajstić information content (AvgIpc) is 3.43. The minimum absolute atomic E-state index is 0.111. The lowest BCUT2D eigenvalue weighted by atomic mass is 10.1. The normalized spacial score (nSPS) is 10.7. The van der Waals surface area contributed by atoms with Crippen molar-refractivity contribution >= 4 is 40.6 Å². The molecular formula is C27H31ClFN3O5S. The van der Waals surface area contributed by atoms with Crippen LogP contribution < -0.4 is 14.8 Å². The third-order valence-electron chi connectivity index (χ3n) is 5.75. The maximum Gasteiger partial charge on any atom is 0.322 e. The maximum atomic E-state index is 13.5. The van der Waals surface area contributed by atoms with Crippen LogP contribution in [0.4, 0.5) is 14.9 Å². The number of hydrogen-bond acceptors (Lipinski definition) is 6. The van der Waals surface area contributed by atoms with Crippen LogP contribution in [0.5, 0.6) is 11.5 Å². The second kappa shape index (κ2) is 14.6. The van der Waals surface area contributed by atoms with Crippen LogP contribution >= 0.6 is 22.9 Å². The van der Waals surface area contributed by atoms with Gasteiger partial charge in [0.05, 0.1) is 32.4 Å². The number of nitrogens with zero attached hydrogens (tertiary/aromatic N) is 2. The lowest BCUT2D eigenvalue weighted by molar-refractivity contribution is -0.132. The van der Waals surface area contributed by atoms with Gasteiger partial charge >= 0.3 is 6.03 Å². The van der Waals surface area contributed by atoms with Gasteiger partial charge in [-0.3, -0.25) is 4.79 Å². The van der Waals surface area contributed by atoms with Gasteiger partial charge in [0, 0.05) is 30.8 Å². The molecule has 0 aliphatic rings. The number of benzene rings is 2. The van der Waals surface area contributed by atoms with Crippen molar-refractivity contribution < 1.29 is 28.2 Å². The Labute approximate surface area is 230 Å². The van der Waals surface area contributed by atoms with Crippen molar-refractivity contribution in [1.29, 1.82) is 0 Å². The van der Waals surface area contributed by atoms with Crippen molar-refractivity contribution in [3.8, 4) is 11.5 Å². The summed E-state index contributed by atoms with van der Waals surface area (Å²) in [4.78, 5) is 30.6. The van der Waals surface area contributed by atoms with Gasteiger partial charge in [0.15, 0.2) is 11.5 Å². The highest BCUT2D eigenvalue weighted by molar-refractivity contribution is 7.09. The first-order chi connectivity index (χ1) is 18.3. The van der Waals surface area contributed by atoms with E-state index in [1.165, 1.54) is 30.2 Å². The molecule has 11 heteroatoms. The molecule has 38 heavy (non-hydrogen) atoms. The molecule has 0 unspecified atom stereocenters. The second-order valence-corrected chi connectivity index (χ2v) is 9.75. The fourth-order valence-corrected chi connectivity index (χ4v) is 4.58. The molecule has 3 rings (SSSR count). The smallest absolute Gasteiger partial charge is 0.322 e. The molecule has 0 spiro atoms. The van der Waals surface area contributed by atoms with Crippen molar-refractivity contribution in [2.45, 2.75) is 13.0 Å². The van der Waals surface area contributed by atoms with Crippen LogP contribution in [0.15, 0.2) is 53.9 Å². The standard InChI is InChI=1S/C27H31ClFN3O5S/c1-35-13-12-32(27(34)30-20-7-8-23(29)22(28)16-20)18-26(33)31(17-21-5-4-14-38-21)11-10-19-6-9-24(36-2)25(15-19)37-3/h4-9,14-16H,10-13,17-18H2,1-3H3,(H,30,34). The van der Waals surface area contributed by atoms with E-state index < -0.39 is 11.8 Å². The Morgan fingerprint density at radius 1 is 1.00 bits per heavy atom. The zero-order valence-corrected chi connectivity index (χ0v) is 23.1. The van der Waals surface area contributed by atoms with Gasteiger partial charge < -0.3 is 29.3 Å². The van der Waals surface area contributed by atoms with Crippen molar-refractivity contribution in [3.05, 3.63) is 75.2 Å². The number of hydrogen-bond donors (Lipinski definition) is 1. The molecule has 1 aromatic heterocycles. The van der Waals surface area contributed by atoms with E-state index in [4.69, 9.17) is 25.8 Å². The Kier molecular flexibility index (Phi) is 11.2. The van der Waals surface area contributed by atoms with Crippen molar-refractivity contribution in [3.63, 3.8) is 0 Å². The molecule has 0 aliphatic heterocycles. The molecule has 1 N–H and O–H groups in total. The van der Waals surface area contributed by atoms with E-state index in [1.807, 2.05) is 35.7 Å². The van der Waals surface area contributed by atoms with Gasteiger partial charge in [0.25, 0.3) is 0 Å². The molecule has 204 valence electrons. The Hall–Kier alpha value is -3.34. The van der Waals surface area contributed by atoms with E-state index >= 15 is 0 Å². The van der Waals surface area contributed by atoms with Gasteiger partial charge in [-0.2, -0.15) is 0 Å². The highest BCUT2D eigenvalue weighted by atomic mass is 35.5. The number of carbonyl (C=O) groups is 2. The summed E-state index contributed by atoms with van der Waals surface area (Å²) in [6, 6.07) is 12.9. The largest absolute Gasteiger partial charge is 0.493 e. The van der Waals surface area contributed by atoms with Crippen LogP contribution in [0, 0.1) is 5.82 Å². The van der Waals surface area contributed by atoms with Crippen LogP contribution in [-0.4, -0.2) is 69.3 Å². The minimum Gasteiger partial charge on any atom is -0.493 e. The summed E-state index contributed by atoms with van der Waals surface area (Å²) in [7, 11) is 4.67. The number of amides is 3. The van der Waals surface area contributed by atoms with Crippen molar-refractivity contribution in [2.75, 3.05) is 52.9 Å². The monoisotopic (exact) mass is 563 g/mol. The fraction of sp³-hybridized carbons (Fsp3) is 0.333. The first kappa shape index (κ1) is 29.2. The van der Waals surface area contributed by atoms with E-state index in [2.05, 4.69) is 5.32 Å². The number of rotatable bonds is 13. The number of carbonyl (C=O) groups excluding carboxylic acids is 2. The summed E-state index contributed by atoms with van der Waals surface area (Å²) in [5.41, 5.74) is 1.30. The predicted octanol–water partition coefficient (Wildman–Crippen LogP) is 5.31. The van der Waals surface area contributed by atoms with E-state index in [0.29, 0.717) is 36.7 Å². The topological polar surface area (TPSA) is 80.3 Å². The molecule has 0 bridgehead atoms. The predicted molar refractivity (Wildman–Crippen MR) is 147 cm³/mol. The van der Waals surface area contributed by atoms with Gasteiger partial charge in [-0.05, 0) is 53.8 Å². The molecular weight excluding hydrogens is 533 g/mol. The number of urea groups is 1. The summed E-state index contributed by atoms with van der Waals surface area (Å²) in [5, 5.41) is 4.52. The maximum absolute atomic E-state index is 13.5. The number of ether oxygens (including phenoxy) is 3. The molecule has 0 saturated carbocycles. The molecule has 0 aliphatic carbocycles. The van der Waals surface area contributed by atoms with Crippen molar-refractivity contribution in [2.24, 2.45) is 0 Å². The molecule has 2 aromatic carbocycles. The van der Waals surface area contributed by atoms with Gasteiger partial charge in [-0.25, -0.2) is 9.18 Å². The number of halogens is 2. The Morgan fingerprint density at radius 2 is 1.79 bits per heavy atom. The van der Waals surface area contributed by atoms with E-state index in [9.17, 15) is 14.0 Å². The van der Waals surface area contributed by atoms with Crippen LogP contribution in [0.2, 0.25) is 5.02 Å². The van der Waals surface area contributed by atoms with Crippen LogP contribution in [0.3, 0.4) is 0 Å². The van der Waals surface area contributed by atoms with Gasteiger partial charge in [-0.15, -0.1) is 11.3 Å². The Balaban J connectivity index is 1.74. The number of methoxy groups -OCH3 is 3. The number of anilines is 1. The van der Waals surface area contributed by atoms with E-state index in [1.54, 1.807) is 30.5 Å². The second-order valence-electron chi connectivity index (χ2n) is 8.31. The summed E-state index contributed by atoms with van der Waals surface area (Å²) < 4.78 is 29.4. The molecule has 0 fully saturated rings. The average molecular weight is 564 g/mol. The van der Waals surface area contributed by atoms with Gasteiger partial charge in [0.2, 0.25) is 5.91 Å². The summed E-state index contributed by atoms with van der Waals surface area (Å²) in [5.74, 6) is 0.437. The van der Waals surface area contributed by atoms with Crippen molar-refractivity contribution in [1.82, 2.24) is 9.80 Å². The van der Waals surface area contributed by atoms with Crippen LogP contribution in [-0.2, 0) is 22.5 Å². The van der Waals surface area contributed by atoms with E-state index in [0.717, 1.165) is 10.4 Å². The van der Waals surface area contributed by atoms with Crippen LogP contribution in [0.1, 0.15) is 10.4 Å². The fourth-order valence-electron chi connectivity index (χ4n) is 3.68. The number of thiophene rings is 1. The van der Waals surface area contributed by atoms with Crippen LogP contribution in [0.25, 0.3) is 0 Å². The molecule has 0 atom stereocenters. The molecule has 0 radical (unpaired) electrons. The SMILES string of the molecule is COCCN(CC(=O)N(CCc1ccc(OC)c(OC)c1)Cc1cccs1)C(=O)Nc1ccc(F)c(Cl)c1. The molecule has 1 heterocycles. The highest BCUT2D eigenvalue weighted by Gasteiger charge is 2.22. The quantitative estimate of drug-likeness (QED) is 0.305. The first-order valence-corrected chi connectivity index (χ1v) is 13.1. The zero-order chi connectivity index (χ0) is 27.5. The zero-order valence-electron chi connectivity index (χ0n) is 21.5. The molecule has 3 aromatic rings. The lowest BCUT2D eigenvalue weighted by Crippen LogP contribution is -2.46. The summed E-state index contributed by atoms with van der Waals surface area (Å²) in [6.45, 7) is 1.10. The first-order valence-electron chi connectivity index (χ1n) is 11.9. The summed E-state index contributed by atoms with van der Waals surface area (Å²) in [6.07, 6.45) is 0.579. The number of nitrogens with one attached hydrogen (secondary N) is 1. The third-order valence-corrected chi connectivity index (χ3v) is 6.90. The third kappa shape index (κ3) is 8.34. The lowest BCUT2D eigenvalue weighted by Gasteiger charge is -2.28. The summed E-state index contributed by atoms with van der Waals surface area (Å²) >= 11 is 7.40. The molecule has 0 saturated heterocycles. The van der Waals surface area contributed by atoms with E-state index in [-0.39, 0.29) is 30.6 Å². The van der Waals surface area contributed by atoms with Gasteiger partial charge in [0.1, 0.15) is 12.4 Å². The Morgan fingerprint density at radius 3 is 2.45 bits per heavy atom.